The van der Waals surface area contributed by atoms with Gasteiger partial charge in [0.15, 0.2) is 0 Å². The fourth-order valence-electron chi connectivity index (χ4n) is 1.50. The molecule has 2 rings (SSSR count). The third-order valence-corrected chi connectivity index (χ3v) is 2.37. The first kappa shape index (κ1) is 12.5. The van der Waals surface area contributed by atoms with Gasteiger partial charge in [-0.1, -0.05) is 0 Å². The van der Waals surface area contributed by atoms with E-state index in [2.05, 4.69) is 15.4 Å². The first-order valence-electron chi connectivity index (χ1n) is 5.35. The van der Waals surface area contributed by atoms with Gasteiger partial charge in [-0.3, -0.25) is 14.9 Å². The molecule has 0 fully saturated rings. The molecule has 8 nitrogen and oxygen atoms in total. The number of imide groups is 1. The van der Waals surface area contributed by atoms with Gasteiger partial charge in [0.05, 0.1) is 0 Å². The van der Waals surface area contributed by atoms with E-state index in [4.69, 9.17) is 5.26 Å². The Morgan fingerprint density at radius 1 is 1.53 bits per heavy atom. The second-order valence-electron chi connectivity index (χ2n) is 3.76. The average molecular weight is 258 g/mol. The molecule has 8 heteroatoms. The summed E-state index contributed by atoms with van der Waals surface area (Å²) in [6, 6.07) is 5.05. The van der Waals surface area contributed by atoms with Crippen LogP contribution >= 0.6 is 0 Å². The van der Waals surface area contributed by atoms with Crippen LogP contribution in [0.3, 0.4) is 0 Å². The lowest BCUT2D eigenvalue weighted by Crippen LogP contribution is -2.34. The molecule has 2 amide bonds. The number of hydrogen-bond acceptors (Lipinski definition) is 5. The smallest absolute Gasteiger partial charge is 0.274 e. The maximum atomic E-state index is 11.7. The van der Waals surface area contributed by atoms with Crippen molar-refractivity contribution in [3.8, 4) is 6.07 Å². The van der Waals surface area contributed by atoms with Crippen LogP contribution in [0.5, 0.6) is 0 Å². The number of aromatic nitrogens is 4. The Morgan fingerprint density at radius 3 is 2.89 bits per heavy atom. The van der Waals surface area contributed by atoms with Crippen LogP contribution in [-0.2, 0) is 18.4 Å². The zero-order valence-corrected chi connectivity index (χ0v) is 10.1. The van der Waals surface area contributed by atoms with Crippen LogP contribution in [0.2, 0.25) is 0 Å². The van der Waals surface area contributed by atoms with Crippen molar-refractivity contribution in [3.05, 3.63) is 36.2 Å². The highest BCUT2D eigenvalue weighted by atomic mass is 16.2. The zero-order chi connectivity index (χ0) is 13.8. The van der Waals surface area contributed by atoms with Gasteiger partial charge in [0.2, 0.25) is 5.91 Å². The Hall–Kier alpha value is -2.95. The first-order chi connectivity index (χ1) is 9.10. The fourth-order valence-corrected chi connectivity index (χ4v) is 1.50. The van der Waals surface area contributed by atoms with E-state index in [1.807, 2.05) is 0 Å². The Morgan fingerprint density at radius 2 is 2.32 bits per heavy atom. The molecule has 0 aliphatic rings. The predicted molar refractivity (Wildman–Crippen MR) is 62.6 cm³/mol. The minimum Gasteiger partial charge on any atom is -0.347 e. The fraction of sp³-hybridized carbons (Fsp3) is 0.182. The lowest BCUT2D eigenvalue weighted by Gasteiger charge is -2.04. The Kier molecular flexibility index (Phi) is 3.38. The molecule has 1 N–H and O–H groups in total. The number of nitriles is 1. The van der Waals surface area contributed by atoms with Gasteiger partial charge in [-0.15, -0.1) is 5.10 Å². The summed E-state index contributed by atoms with van der Waals surface area (Å²) in [6.45, 7) is -0.176. The minimum absolute atomic E-state index is 0.0263. The molecule has 2 heterocycles. The van der Waals surface area contributed by atoms with Crippen molar-refractivity contribution in [1.29, 1.82) is 5.26 Å². The number of carbonyl (C=O) groups is 2. The highest BCUT2D eigenvalue weighted by Crippen LogP contribution is 1.99. The molecule has 0 bridgehead atoms. The molecular formula is C11H10N6O2. The van der Waals surface area contributed by atoms with Gasteiger partial charge in [-0.05, 0) is 12.1 Å². The summed E-state index contributed by atoms with van der Waals surface area (Å²) in [5.74, 6) is -1.04. The van der Waals surface area contributed by atoms with Crippen molar-refractivity contribution in [1.82, 2.24) is 24.6 Å². The van der Waals surface area contributed by atoms with Crippen LogP contribution in [0, 0.1) is 11.3 Å². The molecule has 2 aromatic heterocycles. The third kappa shape index (κ3) is 2.84. The summed E-state index contributed by atoms with van der Waals surface area (Å²) in [4.78, 5) is 27.0. The van der Waals surface area contributed by atoms with Gasteiger partial charge in [-0.25, -0.2) is 9.67 Å². The topological polar surface area (TPSA) is 106 Å². The molecule has 0 saturated heterocycles. The molecule has 0 aromatic carbocycles. The summed E-state index contributed by atoms with van der Waals surface area (Å²) in [6.07, 6.45) is 2.96. The second-order valence-corrected chi connectivity index (χ2v) is 3.76. The molecular weight excluding hydrogens is 248 g/mol. The van der Waals surface area contributed by atoms with Gasteiger partial charge in [0, 0.05) is 13.2 Å². The largest absolute Gasteiger partial charge is 0.347 e. The van der Waals surface area contributed by atoms with Crippen molar-refractivity contribution in [2.24, 2.45) is 7.05 Å². The summed E-state index contributed by atoms with van der Waals surface area (Å²) in [7, 11) is 1.70. The van der Waals surface area contributed by atoms with E-state index in [9.17, 15) is 9.59 Å². The molecule has 19 heavy (non-hydrogen) atoms. The lowest BCUT2D eigenvalue weighted by molar-refractivity contribution is -0.120. The van der Waals surface area contributed by atoms with Gasteiger partial charge < -0.3 is 4.57 Å². The number of rotatable bonds is 3. The van der Waals surface area contributed by atoms with Crippen molar-refractivity contribution in [3.63, 3.8) is 0 Å². The lowest BCUT2D eigenvalue weighted by atomic mass is 10.4. The van der Waals surface area contributed by atoms with Crippen LogP contribution in [0.15, 0.2) is 24.7 Å². The minimum atomic E-state index is -0.527. The summed E-state index contributed by atoms with van der Waals surface area (Å²) in [5, 5.41) is 14.5. The second kappa shape index (κ2) is 5.14. The highest BCUT2D eigenvalue weighted by Gasteiger charge is 2.13. The number of amides is 2. The molecule has 0 atom stereocenters. The summed E-state index contributed by atoms with van der Waals surface area (Å²) in [5.41, 5.74) is 0.379. The number of hydrogen-bond donors (Lipinski definition) is 1. The van der Waals surface area contributed by atoms with Gasteiger partial charge in [0.1, 0.15) is 24.6 Å². The molecule has 0 saturated carbocycles. The molecule has 0 aliphatic heterocycles. The van der Waals surface area contributed by atoms with E-state index >= 15 is 0 Å². The first-order valence-corrected chi connectivity index (χ1v) is 5.35. The van der Waals surface area contributed by atoms with E-state index < -0.39 is 11.8 Å². The van der Waals surface area contributed by atoms with Crippen LogP contribution in [0.4, 0.5) is 0 Å². The van der Waals surface area contributed by atoms with E-state index in [0.717, 1.165) is 0 Å². The van der Waals surface area contributed by atoms with Crippen molar-refractivity contribution in [2.45, 2.75) is 6.54 Å². The maximum Gasteiger partial charge on any atom is 0.274 e. The van der Waals surface area contributed by atoms with Crippen molar-refractivity contribution in [2.75, 3.05) is 0 Å². The summed E-state index contributed by atoms with van der Waals surface area (Å²) < 4.78 is 2.79. The number of carbonyl (C=O) groups excluding carboxylic acids is 2. The zero-order valence-electron chi connectivity index (χ0n) is 10.1. The van der Waals surface area contributed by atoms with Gasteiger partial charge >= 0.3 is 0 Å². The quantitative estimate of drug-likeness (QED) is 0.794. The SMILES string of the molecule is Cn1cccc1C(=O)NC(=O)Cn1cnc(C#N)n1. The highest BCUT2D eigenvalue weighted by molar-refractivity contribution is 6.03. The molecule has 0 unspecified atom stereocenters. The van der Waals surface area contributed by atoms with Crippen LogP contribution in [0.25, 0.3) is 0 Å². The van der Waals surface area contributed by atoms with Crippen molar-refractivity contribution >= 4 is 11.8 Å². The standard InChI is InChI=1S/C11H10N6O2/c1-16-4-2-3-8(16)11(19)14-10(18)6-17-7-13-9(5-12)15-17/h2-4,7H,6H2,1H3,(H,14,18,19). The van der Waals surface area contributed by atoms with E-state index in [1.165, 1.54) is 11.0 Å². The Bertz CT molecular complexity index is 663. The molecule has 96 valence electrons. The number of aryl methyl sites for hydroxylation is 1. The number of nitrogens with zero attached hydrogens (tertiary/aromatic N) is 5. The van der Waals surface area contributed by atoms with Crippen LogP contribution < -0.4 is 5.32 Å². The summed E-state index contributed by atoms with van der Waals surface area (Å²) >= 11 is 0. The molecule has 0 spiro atoms. The molecule has 2 aromatic rings. The van der Waals surface area contributed by atoms with E-state index in [-0.39, 0.29) is 12.4 Å². The predicted octanol–water partition coefficient (Wildman–Crippen LogP) is -0.555. The normalized spacial score (nSPS) is 9.89. The number of nitrogens with one attached hydrogen (secondary N) is 1. The molecule has 0 radical (unpaired) electrons. The molecule has 0 aliphatic carbocycles. The van der Waals surface area contributed by atoms with Crippen LogP contribution in [0.1, 0.15) is 16.3 Å². The van der Waals surface area contributed by atoms with Gasteiger partial charge in [-0.2, -0.15) is 5.26 Å². The third-order valence-electron chi connectivity index (χ3n) is 2.37. The monoisotopic (exact) mass is 258 g/mol. The Balaban J connectivity index is 1.97. The Labute approximate surface area is 108 Å². The van der Waals surface area contributed by atoms with E-state index in [1.54, 1.807) is 36.0 Å². The van der Waals surface area contributed by atoms with E-state index in [0.29, 0.717) is 5.69 Å². The average Bonchev–Trinajstić information content (AvgIpc) is 2.97. The van der Waals surface area contributed by atoms with Crippen LogP contribution in [-0.4, -0.2) is 31.1 Å². The maximum absolute atomic E-state index is 11.7. The van der Waals surface area contributed by atoms with Gasteiger partial charge in [0.25, 0.3) is 11.7 Å². The van der Waals surface area contributed by atoms with Crippen molar-refractivity contribution < 1.29 is 9.59 Å².